The van der Waals surface area contributed by atoms with E-state index in [1.165, 1.54) is 12.1 Å². The van der Waals surface area contributed by atoms with Crippen LogP contribution < -0.4 is 10.2 Å². The molecule has 0 spiro atoms. The van der Waals surface area contributed by atoms with Crippen molar-refractivity contribution < 1.29 is 14.0 Å². The molecule has 19 heavy (non-hydrogen) atoms. The highest BCUT2D eigenvalue weighted by atomic mass is 19.1. The maximum absolute atomic E-state index is 12.8. The van der Waals surface area contributed by atoms with E-state index in [9.17, 15) is 14.0 Å². The lowest BCUT2D eigenvalue weighted by atomic mass is 10.2. The number of rotatable bonds is 4. The van der Waals surface area contributed by atoms with E-state index < -0.39 is 0 Å². The first-order valence-corrected chi connectivity index (χ1v) is 6.45. The van der Waals surface area contributed by atoms with Crippen LogP contribution in [-0.2, 0) is 9.59 Å². The molecule has 1 saturated heterocycles. The zero-order valence-electron chi connectivity index (χ0n) is 10.9. The van der Waals surface area contributed by atoms with E-state index in [1.54, 1.807) is 17.0 Å². The molecule has 0 radical (unpaired) electrons. The van der Waals surface area contributed by atoms with Gasteiger partial charge in [-0.05, 0) is 30.7 Å². The van der Waals surface area contributed by atoms with Crippen LogP contribution in [0.25, 0.3) is 0 Å². The molecule has 1 atom stereocenters. The van der Waals surface area contributed by atoms with Crippen molar-refractivity contribution in [3.8, 4) is 0 Å². The van der Waals surface area contributed by atoms with Gasteiger partial charge in [0.1, 0.15) is 5.82 Å². The van der Waals surface area contributed by atoms with E-state index in [0.29, 0.717) is 25.1 Å². The number of carbonyl (C=O) groups excluding carboxylic acids is 2. The van der Waals surface area contributed by atoms with Crippen LogP contribution in [0.4, 0.5) is 10.1 Å². The molecule has 0 aromatic heterocycles. The van der Waals surface area contributed by atoms with Crippen LogP contribution in [0.1, 0.15) is 26.2 Å². The molecule has 4 nitrogen and oxygen atoms in total. The van der Waals surface area contributed by atoms with Gasteiger partial charge < -0.3 is 10.2 Å². The number of nitrogens with zero attached hydrogens (tertiary/aromatic N) is 1. The Labute approximate surface area is 111 Å². The second-order valence-electron chi connectivity index (χ2n) is 4.70. The molecule has 0 bridgehead atoms. The standard InChI is InChI=1S/C14H17FN2O2/c1-2-3-13(18)16-11-8-14(19)17(9-11)12-6-4-10(15)5-7-12/h4-7,11H,2-3,8-9H2,1H3,(H,16,18). The fourth-order valence-corrected chi connectivity index (χ4v) is 2.20. The Balaban J connectivity index is 1.99. The normalized spacial score (nSPS) is 18.7. The Morgan fingerprint density at radius 2 is 2.11 bits per heavy atom. The van der Waals surface area contributed by atoms with Gasteiger partial charge in [-0.3, -0.25) is 9.59 Å². The number of carbonyl (C=O) groups is 2. The summed E-state index contributed by atoms with van der Waals surface area (Å²) in [7, 11) is 0. The van der Waals surface area contributed by atoms with Gasteiger partial charge in [-0.15, -0.1) is 0 Å². The van der Waals surface area contributed by atoms with Gasteiger partial charge in [0.15, 0.2) is 0 Å². The SMILES string of the molecule is CCCC(=O)NC1CC(=O)N(c2ccc(F)cc2)C1. The second kappa shape index (κ2) is 5.82. The summed E-state index contributed by atoms with van der Waals surface area (Å²) in [6, 6.07) is 5.64. The van der Waals surface area contributed by atoms with Crippen LogP contribution in [-0.4, -0.2) is 24.4 Å². The summed E-state index contributed by atoms with van der Waals surface area (Å²) >= 11 is 0. The first-order valence-electron chi connectivity index (χ1n) is 6.45. The lowest BCUT2D eigenvalue weighted by Crippen LogP contribution is -2.36. The van der Waals surface area contributed by atoms with Gasteiger partial charge in [0.25, 0.3) is 0 Å². The molecule has 1 fully saturated rings. The van der Waals surface area contributed by atoms with E-state index in [0.717, 1.165) is 6.42 Å². The molecule has 102 valence electrons. The molecule has 1 aliphatic heterocycles. The zero-order chi connectivity index (χ0) is 13.8. The minimum atomic E-state index is -0.330. The molecule has 5 heteroatoms. The van der Waals surface area contributed by atoms with Crippen molar-refractivity contribution in [3.63, 3.8) is 0 Å². The van der Waals surface area contributed by atoms with Crippen molar-refractivity contribution in [1.29, 1.82) is 0 Å². The monoisotopic (exact) mass is 264 g/mol. The minimum Gasteiger partial charge on any atom is -0.351 e. The maximum atomic E-state index is 12.8. The second-order valence-corrected chi connectivity index (χ2v) is 4.70. The molecule has 0 saturated carbocycles. The molecule has 2 rings (SSSR count). The van der Waals surface area contributed by atoms with Crippen LogP contribution in [0.5, 0.6) is 0 Å². The minimum absolute atomic E-state index is 0.0266. The topological polar surface area (TPSA) is 49.4 Å². The summed E-state index contributed by atoms with van der Waals surface area (Å²) in [5.41, 5.74) is 0.665. The van der Waals surface area contributed by atoms with E-state index in [1.807, 2.05) is 6.92 Å². The molecule has 1 heterocycles. The molecule has 0 aliphatic carbocycles. The first-order chi connectivity index (χ1) is 9.10. The van der Waals surface area contributed by atoms with Crippen LogP contribution in [0.3, 0.4) is 0 Å². The zero-order valence-corrected chi connectivity index (χ0v) is 10.9. The molecule has 1 aromatic carbocycles. The molecule has 1 unspecified atom stereocenters. The van der Waals surface area contributed by atoms with Gasteiger partial charge in [0.05, 0.1) is 6.04 Å². The molecule has 1 N–H and O–H groups in total. The Kier molecular flexibility index (Phi) is 4.14. The summed E-state index contributed by atoms with van der Waals surface area (Å²) in [5.74, 6) is -0.405. The third-order valence-electron chi connectivity index (χ3n) is 3.11. The lowest BCUT2D eigenvalue weighted by Gasteiger charge is -2.17. The summed E-state index contributed by atoms with van der Waals surface area (Å²) in [5, 5.41) is 2.85. The van der Waals surface area contributed by atoms with Crippen molar-refractivity contribution in [3.05, 3.63) is 30.1 Å². The first kappa shape index (κ1) is 13.5. The Morgan fingerprint density at radius 3 is 2.74 bits per heavy atom. The number of nitrogens with one attached hydrogen (secondary N) is 1. The van der Waals surface area contributed by atoms with Crippen molar-refractivity contribution in [2.45, 2.75) is 32.2 Å². The van der Waals surface area contributed by atoms with E-state index in [2.05, 4.69) is 5.32 Å². The smallest absolute Gasteiger partial charge is 0.229 e. The van der Waals surface area contributed by atoms with Crippen molar-refractivity contribution in [2.24, 2.45) is 0 Å². The average Bonchev–Trinajstić information content (AvgIpc) is 2.71. The van der Waals surface area contributed by atoms with Gasteiger partial charge in [-0.25, -0.2) is 4.39 Å². The highest BCUT2D eigenvalue weighted by molar-refractivity contribution is 5.96. The van der Waals surface area contributed by atoms with Crippen molar-refractivity contribution in [1.82, 2.24) is 5.32 Å². The Morgan fingerprint density at radius 1 is 1.42 bits per heavy atom. The highest BCUT2D eigenvalue weighted by Crippen LogP contribution is 2.21. The fourth-order valence-electron chi connectivity index (χ4n) is 2.20. The lowest BCUT2D eigenvalue weighted by molar-refractivity contribution is -0.121. The highest BCUT2D eigenvalue weighted by Gasteiger charge is 2.31. The van der Waals surface area contributed by atoms with Gasteiger partial charge in [0, 0.05) is 25.1 Å². The van der Waals surface area contributed by atoms with Gasteiger partial charge in [-0.2, -0.15) is 0 Å². The van der Waals surface area contributed by atoms with E-state index >= 15 is 0 Å². The number of hydrogen-bond donors (Lipinski definition) is 1. The van der Waals surface area contributed by atoms with Crippen LogP contribution in [0.2, 0.25) is 0 Å². The van der Waals surface area contributed by atoms with Crippen LogP contribution in [0, 0.1) is 5.82 Å². The van der Waals surface area contributed by atoms with Gasteiger partial charge in [0.2, 0.25) is 11.8 Å². The summed E-state index contributed by atoms with van der Waals surface area (Å²) in [6.45, 7) is 2.38. The molecule has 1 aliphatic rings. The predicted octanol–water partition coefficient (Wildman–Crippen LogP) is 1.85. The number of amides is 2. The summed E-state index contributed by atoms with van der Waals surface area (Å²) < 4.78 is 12.8. The third kappa shape index (κ3) is 3.30. The molecule has 1 aromatic rings. The molecule has 2 amide bonds. The maximum Gasteiger partial charge on any atom is 0.229 e. The largest absolute Gasteiger partial charge is 0.351 e. The average molecular weight is 264 g/mol. The number of hydrogen-bond acceptors (Lipinski definition) is 2. The van der Waals surface area contributed by atoms with Crippen molar-refractivity contribution >= 4 is 17.5 Å². The fraction of sp³-hybridized carbons (Fsp3) is 0.429. The summed E-state index contributed by atoms with van der Waals surface area (Å²) in [4.78, 5) is 25.0. The molecular weight excluding hydrogens is 247 g/mol. The molecular formula is C14H17FN2O2. The van der Waals surface area contributed by atoms with Crippen LogP contribution in [0.15, 0.2) is 24.3 Å². The third-order valence-corrected chi connectivity index (χ3v) is 3.11. The Hall–Kier alpha value is -1.91. The van der Waals surface area contributed by atoms with Crippen molar-refractivity contribution in [2.75, 3.05) is 11.4 Å². The number of benzene rings is 1. The van der Waals surface area contributed by atoms with Crippen LogP contribution >= 0.6 is 0 Å². The Bertz CT molecular complexity index is 473. The number of halogens is 1. The number of anilines is 1. The summed E-state index contributed by atoms with van der Waals surface area (Å²) in [6.07, 6.45) is 1.56. The quantitative estimate of drug-likeness (QED) is 0.902. The van der Waals surface area contributed by atoms with E-state index in [-0.39, 0.29) is 23.7 Å². The van der Waals surface area contributed by atoms with Gasteiger partial charge >= 0.3 is 0 Å². The van der Waals surface area contributed by atoms with Gasteiger partial charge in [-0.1, -0.05) is 6.92 Å². The predicted molar refractivity (Wildman–Crippen MR) is 70.2 cm³/mol. The van der Waals surface area contributed by atoms with E-state index in [4.69, 9.17) is 0 Å².